The lowest BCUT2D eigenvalue weighted by Gasteiger charge is -2.30. The highest BCUT2D eigenvalue weighted by molar-refractivity contribution is 9.10. The van der Waals surface area contributed by atoms with E-state index in [0.717, 1.165) is 33.4 Å². The number of rotatable bonds is 7. The number of nitrogens with one attached hydrogen (secondary N) is 2. The van der Waals surface area contributed by atoms with Crippen LogP contribution in [0.5, 0.6) is 0 Å². The number of nitrogens with zero attached hydrogens (tertiary/aromatic N) is 4. The van der Waals surface area contributed by atoms with Crippen molar-refractivity contribution in [3.05, 3.63) is 59.3 Å². The van der Waals surface area contributed by atoms with Crippen molar-refractivity contribution in [2.75, 3.05) is 13.7 Å². The Bertz CT molecular complexity index is 1160. The summed E-state index contributed by atoms with van der Waals surface area (Å²) in [4.78, 5) is 44.2. The summed E-state index contributed by atoms with van der Waals surface area (Å²) in [6, 6.07) is 7.01. The van der Waals surface area contributed by atoms with Crippen LogP contribution in [0.25, 0.3) is 11.3 Å². The molecule has 1 saturated heterocycles. The first kappa shape index (κ1) is 25.3. The fourth-order valence-electron chi connectivity index (χ4n) is 4.19. The van der Waals surface area contributed by atoms with E-state index >= 15 is 0 Å². The zero-order valence-corrected chi connectivity index (χ0v) is 22.3. The first-order valence-electron chi connectivity index (χ1n) is 11.3. The molecule has 11 heteroatoms. The van der Waals surface area contributed by atoms with Gasteiger partial charge in [0.25, 0.3) is 0 Å². The molecule has 1 aliphatic rings. The fourth-order valence-corrected chi connectivity index (χ4v) is 5.80. The number of hydrogen-bond acceptors (Lipinski definition) is 6. The minimum Gasteiger partial charge on any atom is -0.453 e. The fraction of sp³-hybridized carbons (Fsp3) is 0.375. The number of carbonyl (C=O) groups is 2. The molecule has 2 N–H and O–H groups in total. The van der Waals surface area contributed by atoms with Gasteiger partial charge >= 0.3 is 6.09 Å². The Balaban J connectivity index is 1.61. The third-order valence-electron chi connectivity index (χ3n) is 5.96. The predicted molar refractivity (Wildman–Crippen MR) is 139 cm³/mol. The third-order valence-corrected chi connectivity index (χ3v) is 7.87. The normalized spacial score (nSPS) is 18.8. The second-order valence-corrected chi connectivity index (χ2v) is 11.3. The van der Waals surface area contributed by atoms with Gasteiger partial charge in [-0.25, -0.2) is 9.78 Å². The summed E-state index contributed by atoms with van der Waals surface area (Å²) in [5.41, 5.74) is 3.00. The van der Waals surface area contributed by atoms with E-state index in [-0.39, 0.29) is 23.5 Å². The molecule has 0 radical (unpaired) electrons. The topological polar surface area (TPSA) is 113 Å². The Hall–Kier alpha value is -2.84. The van der Waals surface area contributed by atoms with Gasteiger partial charge in [-0.05, 0) is 30.0 Å². The minimum atomic E-state index is -0.704. The second-order valence-electron chi connectivity index (χ2n) is 8.72. The summed E-state index contributed by atoms with van der Waals surface area (Å²) in [7, 11) is 1.70. The number of ether oxygens (including phenoxy) is 1. The van der Waals surface area contributed by atoms with Gasteiger partial charge in [-0.1, -0.05) is 50.5 Å². The highest BCUT2D eigenvalue weighted by atomic mass is 79.9. The number of aromatic nitrogens is 4. The molecule has 3 aromatic rings. The summed E-state index contributed by atoms with van der Waals surface area (Å²) < 4.78 is 5.76. The van der Waals surface area contributed by atoms with Crippen LogP contribution in [-0.4, -0.2) is 62.2 Å². The number of H-pyrrole nitrogens is 1. The van der Waals surface area contributed by atoms with Gasteiger partial charge in [-0.3, -0.25) is 14.8 Å². The summed E-state index contributed by atoms with van der Waals surface area (Å²) in [6.07, 6.45) is 7.01. The highest BCUT2D eigenvalue weighted by Gasteiger charge is 2.41. The van der Waals surface area contributed by atoms with Crippen molar-refractivity contribution < 1.29 is 14.3 Å². The molecule has 4 rings (SSSR count). The van der Waals surface area contributed by atoms with Crippen LogP contribution in [0.2, 0.25) is 0 Å². The van der Waals surface area contributed by atoms with E-state index < -0.39 is 12.1 Å². The molecule has 0 aliphatic carbocycles. The van der Waals surface area contributed by atoms with E-state index in [9.17, 15) is 9.59 Å². The van der Waals surface area contributed by atoms with Crippen LogP contribution in [-0.2, 0) is 9.53 Å². The van der Waals surface area contributed by atoms with Crippen LogP contribution in [0.1, 0.15) is 32.1 Å². The van der Waals surface area contributed by atoms with Gasteiger partial charge in [0, 0.05) is 29.1 Å². The molecule has 1 aliphatic heterocycles. The molecule has 1 aromatic carbocycles. The first-order chi connectivity index (χ1) is 16.9. The van der Waals surface area contributed by atoms with Crippen molar-refractivity contribution in [1.82, 2.24) is 30.2 Å². The number of carbonyl (C=O) groups excluding carboxylic acids is 2. The van der Waals surface area contributed by atoms with Crippen molar-refractivity contribution in [2.24, 2.45) is 5.92 Å². The average molecular weight is 559 g/mol. The summed E-state index contributed by atoms with van der Waals surface area (Å²) in [5.74, 6) is 0.463. The van der Waals surface area contributed by atoms with Crippen LogP contribution >= 0.6 is 24.5 Å². The average Bonchev–Trinajstić information content (AvgIpc) is 3.50. The van der Waals surface area contributed by atoms with Gasteiger partial charge in [-0.15, -0.1) is 0 Å². The lowest BCUT2D eigenvalue weighted by atomic mass is 10.0. The van der Waals surface area contributed by atoms with Gasteiger partial charge in [-0.2, -0.15) is 0 Å². The van der Waals surface area contributed by atoms with E-state index in [1.165, 1.54) is 7.11 Å². The second kappa shape index (κ2) is 11.3. The first-order valence-corrected chi connectivity index (χ1v) is 13.2. The number of aromatic amines is 1. The smallest absolute Gasteiger partial charge is 0.407 e. The number of imidazole rings is 1. The molecule has 2 amide bonds. The van der Waals surface area contributed by atoms with Crippen LogP contribution in [0.15, 0.2) is 53.5 Å². The van der Waals surface area contributed by atoms with Crippen molar-refractivity contribution in [3.8, 4) is 11.3 Å². The van der Waals surface area contributed by atoms with Crippen molar-refractivity contribution in [1.29, 1.82) is 0 Å². The van der Waals surface area contributed by atoms with Gasteiger partial charge in [0.1, 0.15) is 11.9 Å². The zero-order valence-electron chi connectivity index (χ0n) is 19.7. The minimum absolute atomic E-state index is 0.112. The van der Waals surface area contributed by atoms with Crippen molar-refractivity contribution in [3.63, 3.8) is 0 Å². The number of halogens is 1. The lowest BCUT2D eigenvalue weighted by Crippen LogP contribution is -2.51. The molecular weight excluding hydrogens is 531 g/mol. The standard InChI is InChI=1S/C24H28BrN6O3P/c1-14(2)21(30-24(33)34-3)23(32)31-13-17(35-20-12-26-8-9-27-20)10-19(31)22-28-11-18(29-22)15-4-6-16(25)7-5-15/h4-9,11-12,14,17,19,21,35H,10,13H2,1-3H3,(H,28,29)(H,30,33)/t17?,19-,21-/m0/s1. The molecule has 9 nitrogen and oxygen atoms in total. The SMILES string of the molecule is COC(=O)N[C@H](C(=O)N1CC(Pc2cnccn2)C[C@H]1c1ncc(-c2ccc(Br)cc2)[nH]1)C(C)C. The van der Waals surface area contributed by atoms with Crippen LogP contribution in [0.4, 0.5) is 4.79 Å². The summed E-state index contributed by atoms with van der Waals surface area (Å²) in [5, 5.41) is 2.71. The molecular formula is C24H28BrN6O3P. The van der Waals surface area contributed by atoms with E-state index in [1.54, 1.807) is 24.8 Å². The van der Waals surface area contributed by atoms with Crippen LogP contribution < -0.4 is 10.8 Å². The van der Waals surface area contributed by atoms with Gasteiger partial charge < -0.3 is 19.9 Å². The Morgan fingerprint density at radius 2 is 1.97 bits per heavy atom. The number of benzene rings is 1. The zero-order chi connectivity index (χ0) is 24.9. The number of likely N-dealkylation sites (tertiary alicyclic amines) is 1. The Kier molecular flexibility index (Phi) is 8.13. The monoisotopic (exact) mass is 558 g/mol. The number of alkyl carbamates (subject to hydrolysis) is 1. The lowest BCUT2D eigenvalue weighted by molar-refractivity contribution is -0.135. The third kappa shape index (κ3) is 6.05. The highest BCUT2D eigenvalue weighted by Crippen LogP contribution is 2.39. The number of hydrogen-bond donors (Lipinski definition) is 2. The summed E-state index contributed by atoms with van der Waals surface area (Å²) >= 11 is 3.46. The van der Waals surface area contributed by atoms with Gasteiger partial charge in [0.05, 0.1) is 36.7 Å². The van der Waals surface area contributed by atoms with Crippen molar-refractivity contribution >= 4 is 41.9 Å². The van der Waals surface area contributed by atoms with Gasteiger partial charge in [0.15, 0.2) is 0 Å². The maximum absolute atomic E-state index is 13.7. The Morgan fingerprint density at radius 3 is 2.63 bits per heavy atom. The maximum atomic E-state index is 13.7. The summed E-state index contributed by atoms with van der Waals surface area (Å²) in [6.45, 7) is 4.35. The molecule has 4 atom stereocenters. The van der Waals surface area contributed by atoms with Crippen LogP contribution in [0, 0.1) is 5.92 Å². The predicted octanol–water partition coefficient (Wildman–Crippen LogP) is 3.66. The molecule has 2 unspecified atom stereocenters. The molecule has 1 fully saturated rings. The molecule has 0 saturated carbocycles. The van der Waals surface area contributed by atoms with Gasteiger partial charge in [0.2, 0.25) is 5.91 Å². The molecule has 35 heavy (non-hydrogen) atoms. The van der Waals surface area contributed by atoms with Crippen LogP contribution in [0.3, 0.4) is 0 Å². The van der Waals surface area contributed by atoms with Crippen molar-refractivity contribution in [2.45, 2.75) is 38.0 Å². The van der Waals surface area contributed by atoms with E-state index in [2.05, 4.69) is 41.2 Å². The Morgan fingerprint density at radius 1 is 1.20 bits per heavy atom. The largest absolute Gasteiger partial charge is 0.453 e. The molecule has 184 valence electrons. The number of amides is 2. The molecule has 0 bridgehead atoms. The number of methoxy groups -OCH3 is 1. The molecule has 0 spiro atoms. The Labute approximate surface area is 214 Å². The van der Waals surface area contributed by atoms with E-state index in [0.29, 0.717) is 15.1 Å². The molecule has 2 aromatic heterocycles. The van der Waals surface area contributed by atoms with E-state index in [1.807, 2.05) is 43.0 Å². The van der Waals surface area contributed by atoms with E-state index in [4.69, 9.17) is 4.74 Å². The quantitative estimate of drug-likeness (QED) is 0.428. The molecule has 3 heterocycles. The maximum Gasteiger partial charge on any atom is 0.407 e.